The van der Waals surface area contributed by atoms with Crippen molar-refractivity contribution in [2.45, 2.75) is 32.2 Å². The van der Waals surface area contributed by atoms with Gasteiger partial charge >= 0.3 is 5.97 Å². The van der Waals surface area contributed by atoms with Crippen LogP contribution >= 0.6 is 0 Å². The molecule has 1 aromatic carbocycles. The molecule has 0 aliphatic rings. The molecular formula is C14H19FN2O3. The Bertz CT molecular complexity index is 515. The molecule has 0 radical (unpaired) electrons. The normalized spacial score (nSPS) is 13.4. The molecular weight excluding hydrogens is 263 g/mol. The molecule has 1 unspecified atom stereocenters. The number of methoxy groups -OCH3 is 1. The van der Waals surface area contributed by atoms with Crippen LogP contribution in [0.3, 0.4) is 0 Å². The Morgan fingerprint density at radius 2 is 2.10 bits per heavy atom. The monoisotopic (exact) mass is 282 g/mol. The average molecular weight is 282 g/mol. The van der Waals surface area contributed by atoms with Crippen molar-refractivity contribution < 1.29 is 18.7 Å². The van der Waals surface area contributed by atoms with Gasteiger partial charge in [-0.15, -0.1) is 0 Å². The van der Waals surface area contributed by atoms with E-state index in [1.807, 2.05) is 6.92 Å². The third-order valence-electron chi connectivity index (χ3n) is 2.92. The van der Waals surface area contributed by atoms with E-state index in [2.05, 4.69) is 10.1 Å². The van der Waals surface area contributed by atoms with E-state index in [4.69, 9.17) is 5.73 Å². The lowest BCUT2D eigenvalue weighted by Gasteiger charge is -2.23. The molecule has 20 heavy (non-hydrogen) atoms. The summed E-state index contributed by atoms with van der Waals surface area (Å²) in [6.45, 7) is 3.49. The maximum Gasteiger partial charge on any atom is 0.339 e. The highest BCUT2D eigenvalue weighted by molar-refractivity contribution is 6.04. The second kappa shape index (κ2) is 6.47. The van der Waals surface area contributed by atoms with Crippen molar-refractivity contribution in [1.29, 1.82) is 0 Å². The van der Waals surface area contributed by atoms with Crippen molar-refractivity contribution in [3.8, 4) is 0 Å². The Hall–Kier alpha value is -1.95. The highest BCUT2D eigenvalue weighted by Gasteiger charge is 2.28. The average Bonchev–Trinajstić information content (AvgIpc) is 2.38. The summed E-state index contributed by atoms with van der Waals surface area (Å²) in [5.74, 6) is -1.70. The molecule has 1 rings (SSSR count). The van der Waals surface area contributed by atoms with Crippen molar-refractivity contribution in [2.75, 3.05) is 12.4 Å². The smallest absolute Gasteiger partial charge is 0.339 e. The number of nitrogens with one attached hydrogen (secondary N) is 1. The number of hydrogen-bond acceptors (Lipinski definition) is 4. The first-order valence-electron chi connectivity index (χ1n) is 6.30. The van der Waals surface area contributed by atoms with Gasteiger partial charge in [-0.1, -0.05) is 13.3 Å². The molecule has 0 fully saturated rings. The first-order chi connectivity index (χ1) is 9.31. The predicted octanol–water partition coefficient (Wildman–Crippen LogP) is 2.07. The maximum atomic E-state index is 13.3. The van der Waals surface area contributed by atoms with Crippen LogP contribution in [-0.4, -0.2) is 24.5 Å². The Morgan fingerprint density at radius 3 is 2.65 bits per heavy atom. The topological polar surface area (TPSA) is 81.4 Å². The van der Waals surface area contributed by atoms with E-state index in [0.717, 1.165) is 18.6 Å². The van der Waals surface area contributed by atoms with Crippen LogP contribution in [0, 0.1) is 5.82 Å². The van der Waals surface area contributed by atoms with Crippen LogP contribution in [0.2, 0.25) is 0 Å². The molecule has 0 heterocycles. The van der Waals surface area contributed by atoms with E-state index >= 15 is 0 Å². The van der Waals surface area contributed by atoms with Crippen LogP contribution in [0.25, 0.3) is 0 Å². The summed E-state index contributed by atoms with van der Waals surface area (Å²) >= 11 is 0. The second-order valence-electron chi connectivity index (χ2n) is 4.80. The number of esters is 1. The summed E-state index contributed by atoms with van der Waals surface area (Å²) < 4.78 is 17.9. The molecule has 6 heteroatoms. The van der Waals surface area contributed by atoms with Crippen molar-refractivity contribution in [3.63, 3.8) is 0 Å². The summed E-state index contributed by atoms with van der Waals surface area (Å²) in [4.78, 5) is 23.7. The fourth-order valence-corrected chi connectivity index (χ4v) is 1.81. The molecule has 5 nitrogen and oxygen atoms in total. The third-order valence-corrected chi connectivity index (χ3v) is 2.92. The summed E-state index contributed by atoms with van der Waals surface area (Å²) in [6, 6.07) is 3.44. The molecule has 1 aromatic rings. The van der Waals surface area contributed by atoms with Crippen molar-refractivity contribution in [1.82, 2.24) is 0 Å². The second-order valence-corrected chi connectivity index (χ2v) is 4.80. The van der Waals surface area contributed by atoms with Crippen LogP contribution in [0.15, 0.2) is 18.2 Å². The minimum atomic E-state index is -1.09. The molecule has 1 amide bonds. The number of amides is 1. The highest BCUT2D eigenvalue weighted by atomic mass is 19.1. The zero-order valence-electron chi connectivity index (χ0n) is 11.8. The van der Waals surface area contributed by atoms with E-state index in [0.29, 0.717) is 6.42 Å². The maximum absolute atomic E-state index is 13.3. The van der Waals surface area contributed by atoms with Gasteiger partial charge in [0.25, 0.3) is 0 Å². The molecule has 0 saturated carbocycles. The zero-order valence-corrected chi connectivity index (χ0v) is 11.8. The first-order valence-corrected chi connectivity index (χ1v) is 6.30. The van der Waals surface area contributed by atoms with E-state index in [-0.39, 0.29) is 11.3 Å². The number of rotatable bonds is 5. The fourth-order valence-electron chi connectivity index (χ4n) is 1.81. The summed E-state index contributed by atoms with van der Waals surface area (Å²) in [5, 5.41) is 2.49. The van der Waals surface area contributed by atoms with Gasteiger partial charge in [-0.05, 0) is 31.5 Å². The SMILES string of the molecule is CCCC(C)(N)C(=O)Nc1cc(F)ccc1C(=O)OC. The van der Waals surface area contributed by atoms with Gasteiger partial charge in [0.15, 0.2) is 0 Å². The predicted molar refractivity (Wildman–Crippen MR) is 73.9 cm³/mol. The van der Waals surface area contributed by atoms with Gasteiger partial charge in [-0.2, -0.15) is 0 Å². The number of nitrogens with two attached hydrogens (primary N) is 1. The van der Waals surface area contributed by atoms with Crippen molar-refractivity contribution in [3.05, 3.63) is 29.6 Å². The lowest BCUT2D eigenvalue weighted by Crippen LogP contribution is -2.48. The van der Waals surface area contributed by atoms with Crippen LogP contribution in [0.1, 0.15) is 37.0 Å². The number of halogens is 1. The first kappa shape index (κ1) is 16.1. The number of benzene rings is 1. The molecule has 0 aliphatic carbocycles. The summed E-state index contributed by atoms with van der Waals surface area (Å²) in [6.07, 6.45) is 1.20. The molecule has 0 bridgehead atoms. The molecule has 0 saturated heterocycles. The minimum absolute atomic E-state index is 0.0506. The number of carbonyl (C=O) groups is 2. The summed E-state index contributed by atoms with van der Waals surface area (Å²) in [7, 11) is 1.21. The fraction of sp³-hybridized carbons (Fsp3) is 0.429. The van der Waals surface area contributed by atoms with E-state index in [1.54, 1.807) is 6.92 Å². The van der Waals surface area contributed by atoms with Gasteiger partial charge in [0, 0.05) is 0 Å². The van der Waals surface area contributed by atoms with Gasteiger partial charge in [0.05, 0.1) is 23.9 Å². The molecule has 0 aromatic heterocycles. The molecule has 0 spiro atoms. The Morgan fingerprint density at radius 1 is 1.45 bits per heavy atom. The van der Waals surface area contributed by atoms with Gasteiger partial charge in [-0.3, -0.25) is 4.79 Å². The quantitative estimate of drug-likeness (QED) is 0.810. The van der Waals surface area contributed by atoms with E-state index in [9.17, 15) is 14.0 Å². The Labute approximate surface area is 117 Å². The van der Waals surface area contributed by atoms with Gasteiger partial charge in [0.1, 0.15) is 5.82 Å². The number of ether oxygens (including phenoxy) is 1. The Balaban J connectivity index is 3.05. The van der Waals surface area contributed by atoms with E-state index in [1.165, 1.54) is 13.2 Å². The van der Waals surface area contributed by atoms with Crippen molar-refractivity contribution >= 4 is 17.6 Å². The Kier molecular flexibility index (Phi) is 5.21. The van der Waals surface area contributed by atoms with E-state index < -0.39 is 23.2 Å². The lowest BCUT2D eigenvalue weighted by molar-refractivity contribution is -0.120. The largest absolute Gasteiger partial charge is 0.465 e. The summed E-state index contributed by atoms with van der Waals surface area (Å²) in [5.41, 5.74) is 4.93. The zero-order chi connectivity index (χ0) is 15.3. The third kappa shape index (κ3) is 3.77. The van der Waals surface area contributed by atoms with Crippen LogP contribution < -0.4 is 11.1 Å². The van der Waals surface area contributed by atoms with Gasteiger partial charge < -0.3 is 15.8 Å². The van der Waals surface area contributed by atoms with Gasteiger partial charge in [-0.25, -0.2) is 9.18 Å². The minimum Gasteiger partial charge on any atom is -0.465 e. The molecule has 0 aliphatic heterocycles. The molecule has 110 valence electrons. The van der Waals surface area contributed by atoms with Crippen LogP contribution in [0.4, 0.5) is 10.1 Å². The highest BCUT2D eigenvalue weighted by Crippen LogP contribution is 2.20. The molecule has 1 atom stereocenters. The number of hydrogen-bond donors (Lipinski definition) is 2. The van der Waals surface area contributed by atoms with Crippen molar-refractivity contribution in [2.24, 2.45) is 5.73 Å². The molecule has 3 N–H and O–H groups in total. The lowest BCUT2D eigenvalue weighted by atomic mass is 9.96. The van der Waals surface area contributed by atoms with Crippen LogP contribution in [0.5, 0.6) is 0 Å². The van der Waals surface area contributed by atoms with Crippen LogP contribution in [-0.2, 0) is 9.53 Å². The number of anilines is 1. The number of carbonyl (C=O) groups excluding carboxylic acids is 2. The van der Waals surface area contributed by atoms with Gasteiger partial charge in [0.2, 0.25) is 5.91 Å². The standard InChI is InChI=1S/C14H19FN2O3/c1-4-7-14(2,16)13(19)17-11-8-9(15)5-6-10(11)12(18)20-3/h5-6,8H,4,7,16H2,1-3H3,(H,17,19).